The second-order valence-electron chi connectivity index (χ2n) is 6.95. The molecule has 1 aliphatic rings. The van der Waals surface area contributed by atoms with Crippen molar-refractivity contribution in [1.82, 2.24) is 19.7 Å². The van der Waals surface area contributed by atoms with Crippen LogP contribution in [0, 0.1) is 4.77 Å². The van der Waals surface area contributed by atoms with Crippen LogP contribution in [0.2, 0.25) is 0 Å². The maximum absolute atomic E-state index is 5.49. The van der Waals surface area contributed by atoms with Gasteiger partial charge in [-0.15, -0.1) is 0 Å². The predicted octanol–water partition coefficient (Wildman–Crippen LogP) is 4.28. The van der Waals surface area contributed by atoms with Gasteiger partial charge in [0.25, 0.3) is 0 Å². The van der Waals surface area contributed by atoms with Gasteiger partial charge in [-0.3, -0.25) is 10.00 Å². The lowest BCUT2D eigenvalue weighted by Gasteiger charge is -2.24. The Hall–Kier alpha value is -2.44. The second-order valence-corrected chi connectivity index (χ2v) is 7.32. The van der Waals surface area contributed by atoms with Crippen LogP contribution in [0.4, 0.5) is 0 Å². The topological polar surface area (TPSA) is 46.1 Å². The summed E-state index contributed by atoms with van der Waals surface area (Å²) < 4.78 is 7.78. The summed E-state index contributed by atoms with van der Waals surface area (Å²) in [5.41, 5.74) is 2.39. The number of rotatable bonds is 6. The van der Waals surface area contributed by atoms with Gasteiger partial charge in [0.2, 0.25) is 4.77 Å². The van der Waals surface area contributed by atoms with Gasteiger partial charge in [0.1, 0.15) is 5.75 Å². The molecule has 1 N–H and O–H groups in total. The fourth-order valence-corrected chi connectivity index (χ4v) is 3.91. The second kappa shape index (κ2) is 8.06. The highest BCUT2D eigenvalue weighted by atomic mass is 32.1. The molecule has 1 fully saturated rings. The summed E-state index contributed by atoms with van der Waals surface area (Å²) in [7, 11) is 1.67. The standard InChI is InChI=1S/C21H24N4OS/c1-26-19-11-9-17(10-12-19)20-22-21(27)25(23-20)15-24-13-5-8-18(24)14-16-6-3-2-4-7-16/h2-4,6-7,9-12,18H,5,8,13-15H2,1H3,(H,22,23,27). The molecule has 27 heavy (non-hydrogen) atoms. The van der Waals surface area contributed by atoms with Gasteiger partial charge in [0.15, 0.2) is 5.82 Å². The number of ether oxygens (including phenoxy) is 1. The van der Waals surface area contributed by atoms with E-state index in [0.717, 1.165) is 36.8 Å². The van der Waals surface area contributed by atoms with E-state index < -0.39 is 0 Å². The highest BCUT2D eigenvalue weighted by Crippen LogP contribution is 2.23. The SMILES string of the molecule is COc1ccc(-c2nc(=S)n(CN3CCCC3Cc3ccccc3)[nH]2)cc1. The number of nitrogens with zero attached hydrogens (tertiary/aromatic N) is 3. The number of aromatic nitrogens is 3. The number of hydrogen-bond donors (Lipinski definition) is 1. The molecule has 3 aromatic rings. The first-order valence-corrected chi connectivity index (χ1v) is 9.73. The number of benzene rings is 2. The molecule has 0 radical (unpaired) electrons. The zero-order valence-corrected chi connectivity index (χ0v) is 16.3. The van der Waals surface area contributed by atoms with Gasteiger partial charge >= 0.3 is 0 Å². The van der Waals surface area contributed by atoms with Gasteiger partial charge in [-0.05, 0) is 61.3 Å². The van der Waals surface area contributed by atoms with E-state index in [4.69, 9.17) is 17.0 Å². The summed E-state index contributed by atoms with van der Waals surface area (Å²) in [5.74, 6) is 1.62. The fourth-order valence-electron chi connectivity index (χ4n) is 3.71. The molecule has 1 aliphatic heterocycles. The quantitative estimate of drug-likeness (QED) is 0.649. The summed E-state index contributed by atoms with van der Waals surface area (Å²) in [6.07, 6.45) is 3.53. The molecule has 1 unspecified atom stereocenters. The maximum atomic E-state index is 5.49. The third kappa shape index (κ3) is 4.12. The Kier molecular flexibility index (Phi) is 5.36. The van der Waals surface area contributed by atoms with Gasteiger partial charge < -0.3 is 4.74 Å². The minimum absolute atomic E-state index is 0.544. The van der Waals surface area contributed by atoms with E-state index >= 15 is 0 Å². The van der Waals surface area contributed by atoms with E-state index in [1.807, 2.05) is 28.9 Å². The summed E-state index contributed by atoms with van der Waals surface area (Å²) in [4.78, 5) is 7.04. The Morgan fingerprint density at radius 3 is 2.67 bits per heavy atom. The molecule has 0 bridgehead atoms. The average molecular weight is 381 g/mol. The highest BCUT2D eigenvalue weighted by Gasteiger charge is 2.25. The summed E-state index contributed by atoms with van der Waals surface area (Å²) in [6.45, 7) is 1.84. The molecule has 0 spiro atoms. The molecule has 0 aliphatic carbocycles. The molecule has 0 amide bonds. The molecule has 2 aromatic carbocycles. The van der Waals surface area contributed by atoms with Crippen molar-refractivity contribution >= 4 is 12.2 Å². The van der Waals surface area contributed by atoms with Gasteiger partial charge in [-0.2, -0.15) is 4.98 Å². The molecular formula is C21H24N4OS. The zero-order valence-electron chi connectivity index (χ0n) is 15.5. The summed E-state index contributed by atoms with van der Waals surface area (Å²) in [5, 5.41) is 3.37. The van der Waals surface area contributed by atoms with Crippen LogP contribution in [-0.4, -0.2) is 39.4 Å². The third-order valence-corrected chi connectivity index (χ3v) is 5.49. The molecule has 1 saturated heterocycles. The van der Waals surface area contributed by atoms with Crippen LogP contribution >= 0.6 is 12.2 Å². The van der Waals surface area contributed by atoms with Gasteiger partial charge in [-0.1, -0.05) is 30.3 Å². The van der Waals surface area contributed by atoms with Crippen molar-refractivity contribution in [1.29, 1.82) is 0 Å². The van der Waals surface area contributed by atoms with Crippen LogP contribution < -0.4 is 4.74 Å². The van der Waals surface area contributed by atoms with Crippen molar-refractivity contribution in [3.05, 3.63) is 64.9 Å². The molecule has 5 nitrogen and oxygen atoms in total. The smallest absolute Gasteiger partial charge is 0.217 e. The Morgan fingerprint density at radius 2 is 1.93 bits per heavy atom. The lowest BCUT2D eigenvalue weighted by Crippen LogP contribution is -2.33. The van der Waals surface area contributed by atoms with Crippen LogP contribution in [0.15, 0.2) is 54.6 Å². The van der Waals surface area contributed by atoms with Crippen molar-refractivity contribution in [2.45, 2.75) is 32.0 Å². The maximum Gasteiger partial charge on any atom is 0.217 e. The van der Waals surface area contributed by atoms with Crippen LogP contribution in [-0.2, 0) is 13.1 Å². The van der Waals surface area contributed by atoms with Crippen molar-refractivity contribution in [3.63, 3.8) is 0 Å². The molecule has 1 atom stereocenters. The van der Waals surface area contributed by atoms with Crippen molar-refractivity contribution in [3.8, 4) is 17.1 Å². The number of likely N-dealkylation sites (tertiary alicyclic amines) is 1. The first-order valence-electron chi connectivity index (χ1n) is 9.32. The highest BCUT2D eigenvalue weighted by molar-refractivity contribution is 7.71. The molecule has 2 heterocycles. The fraction of sp³-hybridized carbons (Fsp3) is 0.333. The van der Waals surface area contributed by atoms with E-state index in [-0.39, 0.29) is 0 Å². The summed E-state index contributed by atoms with van der Waals surface area (Å²) in [6, 6.07) is 19.1. The van der Waals surface area contributed by atoms with Crippen LogP contribution in [0.25, 0.3) is 11.4 Å². The number of methoxy groups -OCH3 is 1. The van der Waals surface area contributed by atoms with E-state index in [1.165, 1.54) is 18.4 Å². The van der Waals surface area contributed by atoms with Crippen molar-refractivity contribution in [2.75, 3.05) is 13.7 Å². The van der Waals surface area contributed by atoms with Gasteiger partial charge in [0, 0.05) is 18.2 Å². The number of nitrogens with one attached hydrogen (secondary N) is 1. The van der Waals surface area contributed by atoms with E-state index in [9.17, 15) is 0 Å². The van der Waals surface area contributed by atoms with Crippen molar-refractivity contribution in [2.24, 2.45) is 0 Å². The van der Waals surface area contributed by atoms with Gasteiger partial charge in [-0.25, -0.2) is 4.68 Å². The lowest BCUT2D eigenvalue weighted by atomic mass is 10.0. The average Bonchev–Trinajstić information content (AvgIpc) is 3.30. The zero-order chi connectivity index (χ0) is 18.6. The largest absolute Gasteiger partial charge is 0.497 e. The molecule has 4 rings (SSSR count). The lowest BCUT2D eigenvalue weighted by molar-refractivity contribution is 0.188. The predicted molar refractivity (Wildman–Crippen MR) is 109 cm³/mol. The number of aromatic amines is 1. The van der Waals surface area contributed by atoms with Crippen LogP contribution in [0.1, 0.15) is 18.4 Å². The Bertz CT molecular complexity index is 933. The molecule has 0 saturated carbocycles. The minimum atomic E-state index is 0.544. The Balaban J connectivity index is 1.48. The van der Waals surface area contributed by atoms with E-state index in [1.54, 1.807) is 7.11 Å². The Labute approximate surface area is 164 Å². The first-order chi connectivity index (χ1) is 13.2. The van der Waals surface area contributed by atoms with E-state index in [2.05, 4.69) is 45.3 Å². The molecule has 6 heteroatoms. The van der Waals surface area contributed by atoms with Gasteiger partial charge in [0.05, 0.1) is 13.8 Å². The summed E-state index contributed by atoms with van der Waals surface area (Å²) >= 11 is 5.49. The minimum Gasteiger partial charge on any atom is -0.497 e. The third-order valence-electron chi connectivity index (χ3n) is 5.18. The van der Waals surface area contributed by atoms with E-state index in [0.29, 0.717) is 10.8 Å². The number of hydrogen-bond acceptors (Lipinski definition) is 4. The van der Waals surface area contributed by atoms with Crippen LogP contribution in [0.5, 0.6) is 5.75 Å². The number of H-pyrrole nitrogens is 1. The van der Waals surface area contributed by atoms with Crippen LogP contribution in [0.3, 0.4) is 0 Å². The monoisotopic (exact) mass is 380 g/mol. The van der Waals surface area contributed by atoms with Crippen molar-refractivity contribution < 1.29 is 4.74 Å². The first kappa shape index (κ1) is 17.9. The Morgan fingerprint density at radius 1 is 1.15 bits per heavy atom. The normalized spacial score (nSPS) is 17.3. The molecule has 140 valence electrons. The molecular weight excluding hydrogens is 356 g/mol. The molecule has 1 aromatic heterocycles.